The van der Waals surface area contributed by atoms with Gasteiger partial charge in [0.1, 0.15) is 5.82 Å². The Balaban J connectivity index is 2.58. The third-order valence-electron chi connectivity index (χ3n) is 2.18. The maximum absolute atomic E-state index is 9.06. The van der Waals surface area contributed by atoms with E-state index < -0.39 is 0 Å². The molecule has 0 aliphatic rings. The van der Waals surface area contributed by atoms with Gasteiger partial charge in [0.05, 0.1) is 12.6 Å². The molecule has 1 aromatic heterocycles. The lowest BCUT2D eigenvalue weighted by molar-refractivity contribution is 0.217. The molecule has 0 saturated carbocycles. The number of aliphatic hydroxyl groups excluding tert-OH is 2. The SMILES string of the molecule is CN(c1ccc[nH]1)C(CO)CCO. The van der Waals surface area contributed by atoms with Crippen LogP contribution in [0.4, 0.5) is 5.82 Å². The molecule has 0 amide bonds. The van der Waals surface area contributed by atoms with E-state index >= 15 is 0 Å². The van der Waals surface area contributed by atoms with Gasteiger partial charge in [0.2, 0.25) is 0 Å². The van der Waals surface area contributed by atoms with Gasteiger partial charge < -0.3 is 20.1 Å². The third-order valence-corrected chi connectivity index (χ3v) is 2.18. The zero-order valence-corrected chi connectivity index (χ0v) is 7.77. The fourth-order valence-corrected chi connectivity index (χ4v) is 1.29. The van der Waals surface area contributed by atoms with Crippen molar-refractivity contribution in [2.75, 3.05) is 25.2 Å². The average Bonchev–Trinajstić information content (AvgIpc) is 2.65. The summed E-state index contributed by atoms with van der Waals surface area (Å²) >= 11 is 0. The maximum Gasteiger partial charge on any atom is 0.105 e. The highest BCUT2D eigenvalue weighted by atomic mass is 16.3. The van der Waals surface area contributed by atoms with Crippen molar-refractivity contribution in [2.45, 2.75) is 12.5 Å². The second-order valence-electron chi connectivity index (χ2n) is 3.01. The molecular weight excluding hydrogens is 168 g/mol. The first-order chi connectivity index (χ1) is 6.29. The summed E-state index contributed by atoms with van der Waals surface area (Å²) in [6, 6.07) is 3.81. The lowest BCUT2D eigenvalue weighted by Gasteiger charge is -2.26. The van der Waals surface area contributed by atoms with Crippen LogP contribution < -0.4 is 4.90 Å². The summed E-state index contributed by atoms with van der Waals surface area (Å²) in [7, 11) is 1.89. The summed E-state index contributed by atoms with van der Waals surface area (Å²) in [5, 5.41) is 17.8. The number of hydrogen-bond donors (Lipinski definition) is 3. The van der Waals surface area contributed by atoms with E-state index in [9.17, 15) is 0 Å². The average molecular weight is 184 g/mol. The molecule has 0 aliphatic carbocycles. The Hall–Kier alpha value is -1.00. The summed E-state index contributed by atoms with van der Waals surface area (Å²) in [4.78, 5) is 4.97. The third kappa shape index (κ3) is 2.47. The Kier molecular flexibility index (Phi) is 3.79. The van der Waals surface area contributed by atoms with Crippen LogP contribution in [-0.2, 0) is 0 Å². The predicted molar refractivity (Wildman–Crippen MR) is 51.8 cm³/mol. The molecular formula is C9H16N2O2. The molecule has 1 atom stereocenters. The van der Waals surface area contributed by atoms with E-state index in [-0.39, 0.29) is 19.3 Å². The van der Waals surface area contributed by atoms with Crippen LogP contribution in [-0.4, -0.2) is 41.5 Å². The first-order valence-corrected chi connectivity index (χ1v) is 4.37. The standard InChI is InChI=1S/C9H16N2O2/c1-11(8(7-13)4-6-12)9-3-2-5-10-9/h2-3,5,8,10,12-13H,4,6-7H2,1H3. The first-order valence-electron chi connectivity index (χ1n) is 4.37. The van der Waals surface area contributed by atoms with Gasteiger partial charge in [0.15, 0.2) is 0 Å². The summed E-state index contributed by atoms with van der Waals surface area (Å²) < 4.78 is 0. The number of anilines is 1. The number of aliphatic hydroxyl groups is 2. The van der Waals surface area contributed by atoms with Crippen molar-refractivity contribution in [3.05, 3.63) is 18.3 Å². The van der Waals surface area contributed by atoms with Crippen LogP contribution in [0.1, 0.15) is 6.42 Å². The van der Waals surface area contributed by atoms with Crippen molar-refractivity contribution in [3.63, 3.8) is 0 Å². The van der Waals surface area contributed by atoms with E-state index in [1.54, 1.807) is 0 Å². The zero-order chi connectivity index (χ0) is 9.68. The van der Waals surface area contributed by atoms with Crippen molar-refractivity contribution in [1.82, 2.24) is 4.98 Å². The fourth-order valence-electron chi connectivity index (χ4n) is 1.29. The molecule has 0 saturated heterocycles. The van der Waals surface area contributed by atoms with Crippen molar-refractivity contribution in [2.24, 2.45) is 0 Å². The van der Waals surface area contributed by atoms with Crippen LogP contribution >= 0.6 is 0 Å². The maximum atomic E-state index is 9.06. The number of rotatable bonds is 5. The largest absolute Gasteiger partial charge is 0.396 e. The molecule has 1 heterocycles. The summed E-state index contributed by atoms with van der Waals surface area (Å²) in [6.07, 6.45) is 2.41. The van der Waals surface area contributed by atoms with Gasteiger partial charge in [-0.25, -0.2) is 0 Å². The Morgan fingerprint density at radius 3 is 2.77 bits per heavy atom. The van der Waals surface area contributed by atoms with Crippen molar-refractivity contribution >= 4 is 5.82 Å². The highest BCUT2D eigenvalue weighted by molar-refractivity contribution is 5.38. The minimum Gasteiger partial charge on any atom is -0.396 e. The monoisotopic (exact) mass is 184 g/mol. The molecule has 0 spiro atoms. The number of nitrogens with zero attached hydrogens (tertiary/aromatic N) is 1. The predicted octanol–water partition coefficient (Wildman–Crippen LogP) is 0.194. The molecule has 0 bridgehead atoms. The number of aromatic amines is 1. The van der Waals surface area contributed by atoms with Crippen molar-refractivity contribution in [1.29, 1.82) is 0 Å². The van der Waals surface area contributed by atoms with Crippen molar-refractivity contribution in [3.8, 4) is 0 Å². The van der Waals surface area contributed by atoms with Gasteiger partial charge >= 0.3 is 0 Å². The second kappa shape index (κ2) is 4.89. The molecule has 0 fully saturated rings. The Labute approximate surface area is 77.8 Å². The highest BCUT2D eigenvalue weighted by Crippen LogP contribution is 2.12. The van der Waals surface area contributed by atoms with E-state index in [0.717, 1.165) is 5.82 Å². The van der Waals surface area contributed by atoms with E-state index in [1.807, 2.05) is 30.3 Å². The van der Waals surface area contributed by atoms with Crippen LogP contribution in [0.2, 0.25) is 0 Å². The van der Waals surface area contributed by atoms with E-state index in [2.05, 4.69) is 4.98 Å². The zero-order valence-electron chi connectivity index (χ0n) is 7.77. The summed E-state index contributed by atoms with van der Waals surface area (Å²) in [6.45, 7) is 0.145. The minimum atomic E-state index is -0.0244. The van der Waals surface area contributed by atoms with Gasteiger partial charge in [0.25, 0.3) is 0 Å². The van der Waals surface area contributed by atoms with Gasteiger partial charge in [-0.3, -0.25) is 0 Å². The number of hydrogen-bond acceptors (Lipinski definition) is 3. The van der Waals surface area contributed by atoms with Gasteiger partial charge in [-0.2, -0.15) is 0 Å². The molecule has 13 heavy (non-hydrogen) atoms. The van der Waals surface area contributed by atoms with Crippen LogP contribution in [0.3, 0.4) is 0 Å². The first kappa shape index (κ1) is 10.1. The molecule has 4 heteroatoms. The highest BCUT2D eigenvalue weighted by Gasteiger charge is 2.13. The Bertz CT molecular complexity index is 224. The van der Waals surface area contributed by atoms with Gasteiger partial charge in [0, 0.05) is 19.9 Å². The van der Waals surface area contributed by atoms with E-state index in [0.29, 0.717) is 6.42 Å². The van der Waals surface area contributed by atoms with Gasteiger partial charge in [-0.05, 0) is 18.6 Å². The van der Waals surface area contributed by atoms with Gasteiger partial charge in [-0.15, -0.1) is 0 Å². The molecule has 4 nitrogen and oxygen atoms in total. The molecule has 3 N–H and O–H groups in total. The van der Waals surface area contributed by atoms with Gasteiger partial charge in [-0.1, -0.05) is 0 Å². The smallest absolute Gasteiger partial charge is 0.105 e. The number of nitrogens with one attached hydrogen (secondary N) is 1. The number of H-pyrrole nitrogens is 1. The number of likely N-dealkylation sites (N-methyl/N-ethyl adjacent to an activating group) is 1. The second-order valence-corrected chi connectivity index (χ2v) is 3.01. The quantitative estimate of drug-likeness (QED) is 0.612. The van der Waals surface area contributed by atoms with Crippen LogP contribution in [0.15, 0.2) is 18.3 Å². The normalized spacial score (nSPS) is 12.8. The van der Waals surface area contributed by atoms with Crippen LogP contribution in [0, 0.1) is 0 Å². The molecule has 1 unspecified atom stereocenters. The minimum absolute atomic E-state index is 0.0244. The van der Waals surface area contributed by atoms with Crippen molar-refractivity contribution < 1.29 is 10.2 Å². The molecule has 0 radical (unpaired) electrons. The molecule has 0 aliphatic heterocycles. The molecule has 1 aromatic rings. The molecule has 0 aromatic carbocycles. The lowest BCUT2D eigenvalue weighted by atomic mass is 10.2. The lowest BCUT2D eigenvalue weighted by Crippen LogP contribution is -2.35. The Morgan fingerprint density at radius 2 is 2.31 bits per heavy atom. The molecule has 74 valence electrons. The number of aromatic nitrogens is 1. The summed E-state index contributed by atoms with van der Waals surface area (Å²) in [5.41, 5.74) is 0. The summed E-state index contributed by atoms with van der Waals surface area (Å²) in [5.74, 6) is 0.951. The van der Waals surface area contributed by atoms with E-state index in [1.165, 1.54) is 0 Å². The van der Waals surface area contributed by atoms with E-state index in [4.69, 9.17) is 10.2 Å². The van der Waals surface area contributed by atoms with Crippen LogP contribution in [0.25, 0.3) is 0 Å². The topological polar surface area (TPSA) is 59.5 Å². The fraction of sp³-hybridized carbons (Fsp3) is 0.556. The molecule has 1 rings (SSSR count). The Morgan fingerprint density at radius 1 is 1.54 bits per heavy atom. The van der Waals surface area contributed by atoms with Crippen LogP contribution in [0.5, 0.6) is 0 Å².